The molecule has 0 aromatic carbocycles. The molecule has 1 N–H and O–H groups in total. The highest BCUT2D eigenvalue weighted by atomic mass is 15.1. The van der Waals surface area contributed by atoms with Gasteiger partial charge in [0.1, 0.15) is 5.82 Å². The lowest BCUT2D eigenvalue weighted by atomic mass is 9.95. The first-order valence-electron chi connectivity index (χ1n) is 6.68. The lowest BCUT2D eigenvalue weighted by Gasteiger charge is -2.22. The van der Waals surface area contributed by atoms with Crippen LogP contribution in [0.5, 0.6) is 0 Å². The molecule has 0 saturated heterocycles. The Morgan fingerprint density at radius 2 is 1.76 bits per heavy atom. The highest BCUT2D eigenvalue weighted by Crippen LogP contribution is 2.13. The summed E-state index contributed by atoms with van der Waals surface area (Å²) in [6.45, 7) is 10.0. The molecule has 0 aliphatic rings. The average Bonchev–Trinajstić information content (AvgIpc) is 2.59. The molecule has 0 radical (unpaired) electrons. The van der Waals surface area contributed by atoms with Crippen LogP contribution in [0.25, 0.3) is 0 Å². The molecule has 0 amide bonds. The second-order valence-corrected chi connectivity index (χ2v) is 5.79. The van der Waals surface area contributed by atoms with Gasteiger partial charge in [-0.2, -0.15) is 0 Å². The van der Waals surface area contributed by atoms with Gasteiger partial charge < -0.3 is 9.88 Å². The van der Waals surface area contributed by atoms with Crippen LogP contribution in [-0.4, -0.2) is 15.6 Å². The Labute approximate surface area is 106 Å². The van der Waals surface area contributed by atoms with Crippen molar-refractivity contribution >= 4 is 0 Å². The Balaban J connectivity index is 2.45. The van der Waals surface area contributed by atoms with E-state index < -0.39 is 0 Å². The van der Waals surface area contributed by atoms with E-state index in [0.717, 1.165) is 24.2 Å². The summed E-state index contributed by atoms with van der Waals surface area (Å²) in [5.41, 5.74) is 0. The molecule has 0 aliphatic heterocycles. The molecule has 0 atom stereocenters. The Morgan fingerprint density at radius 3 is 2.18 bits per heavy atom. The zero-order chi connectivity index (χ0) is 12.8. The highest BCUT2D eigenvalue weighted by Gasteiger charge is 2.13. The predicted octanol–water partition coefficient (Wildman–Crippen LogP) is 2.97. The molecular weight excluding hydrogens is 210 g/mol. The largest absolute Gasteiger partial charge is 0.337 e. The number of hydrogen-bond acceptors (Lipinski definition) is 2. The zero-order valence-corrected chi connectivity index (χ0v) is 11.9. The van der Waals surface area contributed by atoms with E-state index in [9.17, 15) is 0 Å². The molecule has 1 aromatic heterocycles. The first-order chi connectivity index (χ1) is 7.99. The average molecular weight is 237 g/mol. The van der Waals surface area contributed by atoms with Gasteiger partial charge in [0.25, 0.3) is 0 Å². The topological polar surface area (TPSA) is 29.9 Å². The van der Waals surface area contributed by atoms with Gasteiger partial charge in [0.2, 0.25) is 0 Å². The number of nitrogens with zero attached hydrogens (tertiary/aromatic N) is 2. The van der Waals surface area contributed by atoms with Crippen LogP contribution in [0.1, 0.15) is 46.4 Å². The van der Waals surface area contributed by atoms with Gasteiger partial charge in [-0.25, -0.2) is 4.98 Å². The smallest absolute Gasteiger partial charge is 0.122 e. The van der Waals surface area contributed by atoms with Crippen molar-refractivity contribution in [3.8, 4) is 0 Å². The minimum Gasteiger partial charge on any atom is -0.337 e. The van der Waals surface area contributed by atoms with E-state index in [1.54, 1.807) is 0 Å². The van der Waals surface area contributed by atoms with Crippen LogP contribution in [0, 0.1) is 11.8 Å². The summed E-state index contributed by atoms with van der Waals surface area (Å²) in [5, 5.41) is 3.64. The standard InChI is InChI=1S/C14H27N3/c1-11(2)8-13(9-12(3)4)16-10-14-15-6-7-17(14)5/h6-7,11-13,16H,8-10H2,1-5H3. The molecular formula is C14H27N3. The maximum absolute atomic E-state index is 4.35. The SMILES string of the molecule is CC(C)CC(CC(C)C)NCc1nccn1C. The van der Waals surface area contributed by atoms with Crippen LogP contribution in [-0.2, 0) is 13.6 Å². The molecule has 1 rings (SSSR count). The Hall–Kier alpha value is -0.830. The summed E-state index contributed by atoms with van der Waals surface area (Å²) in [4.78, 5) is 4.35. The molecule has 0 fully saturated rings. The van der Waals surface area contributed by atoms with Crippen LogP contribution in [0.15, 0.2) is 12.4 Å². The van der Waals surface area contributed by atoms with Gasteiger partial charge in [0.05, 0.1) is 6.54 Å². The quantitative estimate of drug-likeness (QED) is 0.790. The summed E-state index contributed by atoms with van der Waals surface area (Å²) in [6, 6.07) is 0.603. The van der Waals surface area contributed by atoms with Gasteiger partial charge in [-0.15, -0.1) is 0 Å². The summed E-state index contributed by atoms with van der Waals surface area (Å²) in [6.07, 6.45) is 6.33. The van der Waals surface area contributed by atoms with E-state index in [1.165, 1.54) is 12.8 Å². The van der Waals surface area contributed by atoms with Gasteiger partial charge in [0, 0.05) is 25.5 Å². The van der Waals surface area contributed by atoms with Crippen molar-refractivity contribution in [1.29, 1.82) is 0 Å². The lowest BCUT2D eigenvalue weighted by molar-refractivity contribution is 0.354. The van der Waals surface area contributed by atoms with E-state index in [2.05, 4.69) is 42.6 Å². The first-order valence-corrected chi connectivity index (χ1v) is 6.68. The molecule has 1 aromatic rings. The molecule has 0 unspecified atom stereocenters. The molecule has 1 heterocycles. The second-order valence-electron chi connectivity index (χ2n) is 5.79. The fourth-order valence-corrected chi connectivity index (χ4v) is 2.20. The van der Waals surface area contributed by atoms with Crippen molar-refractivity contribution in [1.82, 2.24) is 14.9 Å². The maximum atomic E-state index is 4.35. The number of aromatic nitrogens is 2. The van der Waals surface area contributed by atoms with E-state index in [1.807, 2.05) is 19.4 Å². The lowest BCUT2D eigenvalue weighted by Crippen LogP contribution is -2.32. The zero-order valence-electron chi connectivity index (χ0n) is 11.9. The van der Waals surface area contributed by atoms with Crippen molar-refractivity contribution in [3.05, 3.63) is 18.2 Å². The Bertz CT molecular complexity index is 305. The first kappa shape index (κ1) is 14.2. The third-order valence-corrected chi connectivity index (χ3v) is 2.98. The predicted molar refractivity (Wildman–Crippen MR) is 72.7 cm³/mol. The monoisotopic (exact) mass is 237 g/mol. The van der Waals surface area contributed by atoms with Crippen LogP contribution in [0.2, 0.25) is 0 Å². The number of imidazole rings is 1. The number of hydrogen-bond donors (Lipinski definition) is 1. The third kappa shape index (κ3) is 5.35. The highest BCUT2D eigenvalue weighted by molar-refractivity contribution is 4.91. The molecule has 0 bridgehead atoms. The number of aryl methyl sites for hydroxylation is 1. The normalized spacial score (nSPS) is 12.0. The van der Waals surface area contributed by atoms with Crippen LogP contribution >= 0.6 is 0 Å². The molecule has 3 heteroatoms. The molecule has 0 saturated carbocycles. The van der Waals surface area contributed by atoms with Crippen molar-refractivity contribution in [2.75, 3.05) is 0 Å². The fraction of sp³-hybridized carbons (Fsp3) is 0.786. The van der Waals surface area contributed by atoms with Crippen molar-refractivity contribution < 1.29 is 0 Å². The van der Waals surface area contributed by atoms with Crippen LogP contribution in [0.3, 0.4) is 0 Å². The van der Waals surface area contributed by atoms with Gasteiger partial charge >= 0.3 is 0 Å². The van der Waals surface area contributed by atoms with Crippen LogP contribution < -0.4 is 5.32 Å². The van der Waals surface area contributed by atoms with E-state index in [-0.39, 0.29) is 0 Å². The molecule has 3 nitrogen and oxygen atoms in total. The van der Waals surface area contributed by atoms with Gasteiger partial charge in [-0.1, -0.05) is 27.7 Å². The van der Waals surface area contributed by atoms with Gasteiger partial charge in [-0.05, 0) is 24.7 Å². The van der Waals surface area contributed by atoms with E-state index in [4.69, 9.17) is 0 Å². The molecule has 0 aliphatic carbocycles. The summed E-state index contributed by atoms with van der Waals surface area (Å²) >= 11 is 0. The molecule has 17 heavy (non-hydrogen) atoms. The minimum atomic E-state index is 0.603. The van der Waals surface area contributed by atoms with E-state index in [0.29, 0.717) is 6.04 Å². The summed E-state index contributed by atoms with van der Waals surface area (Å²) in [5.74, 6) is 2.60. The van der Waals surface area contributed by atoms with E-state index >= 15 is 0 Å². The van der Waals surface area contributed by atoms with Crippen molar-refractivity contribution in [2.24, 2.45) is 18.9 Å². The van der Waals surface area contributed by atoms with Gasteiger partial charge in [0.15, 0.2) is 0 Å². The minimum absolute atomic E-state index is 0.603. The third-order valence-electron chi connectivity index (χ3n) is 2.98. The number of nitrogens with one attached hydrogen (secondary N) is 1. The number of rotatable bonds is 7. The molecule has 98 valence electrons. The Kier molecular flexibility index (Phi) is 5.69. The van der Waals surface area contributed by atoms with Crippen molar-refractivity contribution in [3.63, 3.8) is 0 Å². The molecule has 0 spiro atoms. The second kappa shape index (κ2) is 6.80. The van der Waals surface area contributed by atoms with Crippen molar-refractivity contribution in [2.45, 2.75) is 53.1 Å². The summed E-state index contributed by atoms with van der Waals surface area (Å²) in [7, 11) is 2.05. The Morgan fingerprint density at radius 1 is 1.18 bits per heavy atom. The fourth-order valence-electron chi connectivity index (χ4n) is 2.20. The summed E-state index contributed by atoms with van der Waals surface area (Å²) < 4.78 is 2.08. The van der Waals surface area contributed by atoms with Gasteiger partial charge in [-0.3, -0.25) is 0 Å². The van der Waals surface area contributed by atoms with Crippen LogP contribution in [0.4, 0.5) is 0 Å². The maximum Gasteiger partial charge on any atom is 0.122 e.